The molecular weight excluding hydrogens is 368 g/mol. The van der Waals surface area contributed by atoms with Gasteiger partial charge in [-0.25, -0.2) is 0 Å². The number of nitrogens with zero attached hydrogens (tertiary/aromatic N) is 1. The number of halogens is 1. The van der Waals surface area contributed by atoms with Gasteiger partial charge in [-0.05, 0) is 55.6 Å². The minimum absolute atomic E-state index is 0.00346. The van der Waals surface area contributed by atoms with Gasteiger partial charge in [0.15, 0.2) is 0 Å². The lowest BCUT2D eigenvalue weighted by Crippen LogP contribution is -2.35. The van der Waals surface area contributed by atoms with Crippen molar-refractivity contribution in [1.29, 1.82) is 0 Å². The molecule has 1 aromatic carbocycles. The topological polar surface area (TPSA) is 54.3 Å². The number of carbonyl (C=O) groups excluding carboxylic acids is 1. The van der Waals surface area contributed by atoms with E-state index in [1.165, 1.54) is 32.1 Å². The summed E-state index contributed by atoms with van der Waals surface area (Å²) in [6.45, 7) is 1.35. The van der Waals surface area contributed by atoms with Crippen molar-refractivity contribution in [1.82, 2.24) is 9.88 Å². The van der Waals surface area contributed by atoms with E-state index in [2.05, 4.69) is 21.2 Å². The lowest BCUT2D eigenvalue weighted by molar-refractivity contribution is 0.0932. The second-order valence-corrected chi connectivity index (χ2v) is 8.37. The fourth-order valence-corrected chi connectivity index (χ4v) is 5.01. The summed E-state index contributed by atoms with van der Waals surface area (Å²) in [6.07, 6.45) is 8.34. The molecule has 0 radical (unpaired) electrons. The maximum absolute atomic E-state index is 12.8. The Balaban J connectivity index is 1.57. The predicted octanol–water partition coefficient (Wildman–Crippen LogP) is 3.71. The molecule has 2 aliphatic rings. The van der Waals surface area contributed by atoms with E-state index in [1.54, 1.807) is 0 Å². The molecule has 0 aliphatic heterocycles. The van der Waals surface area contributed by atoms with Crippen LogP contribution in [-0.4, -0.2) is 28.7 Å². The van der Waals surface area contributed by atoms with Gasteiger partial charge in [-0.1, -0.05) is 22.0 Å². The second-order valence-electron chi connectivity index (χ2n) is 7.45. The molecule has 2 bridgehead atoms. The Morgan fingerprint density at radius 3 is 2.83 bits per heavy atom. The van der Waals surface area contributed by atoms with Gasteiger partial charge in [0.05, 0.1) is 17.7 Å². The number of rotatable bonds is 5. The van der Waals surface area contributed by atoms with E-state index >= 15 is 0 Å². The first kappa shape index (κ1) is 16.2. The summed E-state index contributed by atoms with van der Waals surface area (Å²) in [5.41, 5.74) is 2.03. The fourth-order valence-electron chi connectivity index (χ4n) is 4.66. The van der Waals surface area contributed by atoms with E-state index in [1.807, 2.05) is 29.0 Å². The molecule has 0 spiro atoms. The summed E-state index contributed by atoms with van der Waals surface area (Å²) in [6, 6.07) is 5.93. The number of hydrogen-bond acceptors (Lipinski definition) is 2. The quantitative estimate of drug-likeness (QED) is 0.817. The SMILES string of the molecule is O=C(NCC12CCC(CC1)C2)c1cn(CCO)c2cc(Br)ccc12. The average Bonchev–Trinajstić information content (AvgIpc) is 3.27. The van der Waals surface area contributed by atoms with Crippen LogP contribution in [0.2, 0.25) is 0 Å². The van der Waals surface area contributed by atoms with E-state index in [0.717, 1.165) is 27.8 Å². The van der Waals surface area contributed by atoms with E-state index in [0.29, 0.717) is 17.5 Å². The Bertz CT molecular complexity index is 775. The van der Waals surface area contributed by atoms with Crippen LogP contribution in [0, 0.1) is 11.3 Å². The normalized spacial score (nSPS) is 25.5. The maximum atomic E-state index is 12.8. The molecule has 0 saturated heterocycles. The van der Waals surface area contributed by atoms with E-state index in [4.69, 9.17) is 0 Å². The van der Waals surface area contributed by atoms with Crippen molar-refractivity contribution in [2.75, 3.05) is 13.2 Å². The predicted molar refractivity (Wildman–Crippen MR) is 98.1 cm³/mol. The first-order chi connectivity index (χ1) is 11.6. The van der Waals surface area contributed by atoms with Crippen LogP contribution >= 0.6 is 15.9 Å². The first-order valence-corrected chi connectivity index (χ1v) is 9.57. The summed E-state index contributed by atoms with van der Waals surface area (Å²) in [5.74, 6) is 0.898. The van der Waals surface area contributed by atoms with Gasteiger partial charge in [-0.2, -0.15) is 0 Å². The molecule has 1 amide bonds. The number of carbonyl (C=O) groups is 1. The van der Waals surface area contributed by atoms with Gasteiger partial charge in [0.25, 0.3) is 5.91 Å². The lowest BCUT2D eigenvalue weighted by Gasteiger charge is -2.26. The van der Waals surface area contributed by atoms with Gasteiger partial charge < -0.3 is 15.0 Å². The Hall–Kier alpha value is -1.33. The van der Waals surface area contributed by atoms with E-state index in [-0.39, 0.29) is 12.5 Å². The Morgan fingerprint density at radius 1 is 1.38 bits per heavy atom. The largest absolute Gasteiger partial charge is 0.395 e. The zero-order valence-electron chi connectivity index (χ0n) is 13.7. The van der Waals surface area contributed by atoms with Crippen LogP contribution in [0.3, 0.4) is 0 Å². The molecule has 4 nitrogen and oxygen atoms in total. The molecule has 128 valence electrons. The van der Waals surface area contributed by atoms with Gasteiger partial charge in [0.1, 0.15) is 0 Å². The average molecular weight is 391 g/mol. The van der Waals surface area contributed by atoms with Gasteiger partial charge >= 0.3 is 0 Å². The van der Waals surface area contributed by atoms with Crippen LogP contribution in [-0.2, 0) is 6.54 Å². The summed E-state index contributed by atoms with van der Waals surface area (Å²) < 4.78 is 2.93. The Labute approximate surface area is 150 Å². The van der Waals surface area contributed by atoms with Crippen LogP contribution in [0.25, 0.3) is 10.9 Å². The fraction of sp³-hybridized carbons (Fsp3) is 0.526. The molecule has 5 heteroatoms. The van der Waals surface area contributed by atoms with Crippen LogP contribution in [0.1, 0.15) is 42.5 Å². The molecule has 2 fully saturated rings. The van der Waals surface area contributed by atoms with Crippen molar-refractivity contribution in [3.05, 3.63) is 34.4 Å². The monoisotopic (exact) mass is 390 g/mol. The summed E-state index contributed by atoms with van der Waals surface area (Å²) >= 11 is 3.48. The van der Waals surface area contributed by atoms with Crippen molar-refractivity contribution < 1.29 is 9.90 Å². The zero-order valence-corrected chi connectivity index (χ0v) is 15.3. The third-order valence-corrected chi connectivity index (χ3v) is 6.43. The molecule has 1 heterocycles. The highest BCUT2D eigenvalue weighted by Gasteiger charge is 2.44. The Kier molecular flexibility index (Phi) is 4.17. The first-order valence-electron chi connectivity index (χ1n) is 8.78. The molecule has 2 aliphatic carbocycles. The van der Waals surface area contributed by atoms with E-state index < -0.39 is 0 Å². The third kappa shape index (κ3) is 2.78. The number of hydrogen-bond donors (Lipinski definition) is 2. The molecule has 24 heavy (non-hydrogen) atoms. The number of aliphatic hydroxyl groups is 1. The van der Waals surface area contributed by atoms with Crippen molar-refractivity contribution in [3.8, 4) is 0 Å². The smallest absolute Gasteiger partial charge is 0.253 e. The zero-order chi connectivity index (χ0) is 16.7. The number of aromatic nitrogens is 1. The molecule has 1 aromatic heterocycles. The highest BCUT2D eigenvalue weighted by molar-refractivity contribution is 9.10. The summed E-state index contributed by atoms with van der Waals surface area (Å²) in [4.78, 5) is 12.8. The molecule has 0 atom stereocenters. The summed E-state index contributed by atoms with van der Waals surface area (Å²) in [5, 5.41) is 13.4. The van der Waals surface area contributed by atoms with Gasteiger partial charge in [0.2, 0.25) is 0 Å². The van der Waals surface area contributed by atoms with Crippen molar-refractivity contribution in [2.24, 2.45) is 11.3 Å². The third-order valence-electron chi connectivity index (χ3n) is 5.94. The molecule has 2 aromatic rings. The molecule has 0 unspecified atom stereocenters. The van der Waals surface area contributed by atoms with Gasteiger partial charge in [-0.3, -0.25) is 4.79 Å². The van der Waals surface area contributed by atoms with Gasteiger partial charge in [0, 0.05) is 29.1 Å². The van der Waals surface area contributed by atoms with Crippen LogP contribution in [0.5, 0.6) is 0 Å². The molecule has 2 N–H and O–H groups in total. The lowest BCUT2D eigenvalue weighted by atomic mass is 9.84. The van der Waals surface area contributed by atoms with Crippen molar-refractivity contribution >= 4 is 32.7 Å². The molecule has 2 saturated carbocycles. The summed E-state index contributed by atoms with van der Waals surface area (Å²) in [7, 11) is 0. The minimum Gasteiger partial charge on any atom is -0.395 e. The number of nitrogens with one attached hydrogen (secondary N) is 1. The van der Waals surface area contributed by atoms with Crippen LogP contribution < -0.4 is 5.32 Å². The van der Waals surface area contributed by atoms with Gasteiger partial charge in [-0.15, -0.1) is 0 Å². The Morgan fingerprint density at radius 2 is 2.17 bits per heavy atom. The highest BCUT2D eigenvalue weighted by atomic mass is 79.9. The second kappa shape index (κ2) is 6.19. The number of benzene rings is 1. The van der Waals surface area contributed by atoms with E-state index in [9.17, 15) is 9.90 Å². The van der Waals surface area contributed by atoms with Crippen LogP contribution in [0.4, 0.5) is 0 Å². The number of amides is 1. The standard InChI is InChI=1S/C19H23BrN2O2/c20-14-1-2-15-16(11-22(7-8-23)17(15)9-14)18(24)21-12-19-5-3-13(10-19)4-6-19/h1-2,9,11,13,23H,3-8,10,12H2,(H,21,24). The van der Waals surface area contributed by atoms with Crippen molar-refractivity contribution in [2.45, 2.75) is 38.6 Å². The number of fused-ring (bicyclic) bond motifs is 3. The minimum atomic E-state index is 0.00346. The number of aliphatic hydroxyl groups excluding tert-OH is 1. The molecular formula is C19H23BrN2O2. The van der Waals surface area contributed by atoms with Crippen molar-refractivity contribution in [3.63, 3.8) is 0 Å². The molecule has 4 rings (SSSR count). The highest BCUT2D eigenvalue weighted by Crippen LogP contribution is 2.53. The maximum Gasteiger partial charge on any atom is 0.253 e. The van der Waals surface area contributed by atoms with Crippen LogP contribution in [0.15, 0.2) is 28.9 Å².